The predicted molar refractivity (Wildman–Crippen MR) is 83.9 cm³/mol. The Bertz CT molecular complexity index is 706. The van der Waals surface area contributed by atoms with Crippen molar-refractivity contribution in [2.45, 2.75) is 19.0 Å². The van der Waals surface area contributed by atoms with E-state index in [2.05, 4.69) is 10.1 Å². The molecule has 2 unspecified atom stereocenters. The molecule has 0 fully saturated rings. The molecule has 0 aliphatic rings. The lowest BCUT2D eigenvalue weighted by Gasteiger charge is -2.18. The van der Waals surface area contributed by atoms with Gasteiger partial charge in [0.2, 0.25) is 0 Å². The Kier molecular flexibility index (Phi) is 4.96. The minimum absolute atomic E-state index is 0.0642. The number of aliphatic carboxylic acids is 1. The standard InChI is InChI=1S/C15H17N2O4P/c1-11(15(18)19)13-8-5-9-16-14(13)17-22(20,21)10-12-6-3-2-4-7-12/h2-9,11H,10H2,1H3,(H,18,19)(H2,16,17,20,21). The Labute approximate surface area is 128 Å². The number of hydrogen-bond acceptors (Lipinski definition) is 3. The molecule has 1 heterocycles. The van der Waals surface area contributed by atoms with Crippen molar-refractivity contribution in [1.82, 2.24) is 4.98 Å². The number of rotatable bonds is 6. The second-order valence-corrected chi connectivity index (χ2v) is 6.90. The van der Waals surface area contributed by atoms with Crippen LogP contribution in [0.15, 0.2) is 48.7 Å². The molecule has 1 aromatic heterocycles. The van der Waals surface area contributed by atoms with Gasteiger partial charge in [-0.3, -0.25) is 14.4 Å². The van der Waals surface area contributed by atoms with Gasteiger partial charge in [-0.15, -0.1) is 0 Å². The highest BCUT2D eigenvalue weighted by molar-refractivity contribution is 7.58. The number of pyridine rings is 1. The molecule has 0 aliphatic heterocycles. The first-order valence-electron chi connectivity index (χ1n) is 6.71. The highest BCUT2D eigenvalue weighted by atomic mass is 31.2. The van der Waals surface area contributed by atoms with Crippen LogP contribution in [0.25, 0.3) is 0 Å². The lowest BCUT2D eigenvalue weighted by molar-refractivity contribution is -0.138. The second-order valence-electron chi connectivity index (χ2n) is 4.96. The monoisotopic (exact) mass is 320 g/mol. The van der Waals surface area contributed by atoms with Crippen LogP contribution in [0.2, 0.25) is 0 Å². The average molecular weight is 320 g/mol. The highest BCUT2D eigenvalue weighted by Gasteiger charge is 2.24. The summed E-state index contributed by atoms with van der Waals surface area (Å²) in [5.41, 5.74) is 1.09. The van der Waals surface area contributed by atoms with Crippen LogP contribution in [-0.2, 0) is 15.5 Å². The van der Waals surface area contributed by atoms with Gasteiger partial charge in [0.25, 0.3) is 7.52 Å². The van der Waals surface area contributed by atoms with E-state index >= 15 is 0 Å². The van der Waals surface area contributed by atoms with Gasteiger partial charge >= 0.3 is 5.97 Å². The van der Waals surface area contributed by atoms with Gasteiger partial charge in [-0.05, 0) is 18.6 Å². The molecule has 0 saturated heterocycles. The molecule has 2 aromatic rings. The summed E-state index contributed by atoms with van der Waals surface area (Å²) in [6.45, 7) is 1.50. The van der Waals surface area contributed by atoms with E-state index in [1.165, 1.54) is 13.1 Å². The maximum atomic E-state index is 12.4. The number of aromatic nitrogens is 1. The zero-order chi connectivity index (χ0) is 16.2. The van der Waals surface area contributed by atoms with Crippen LogP contribution in [-0.4, -0.2) is 21.0 Å². The molecular weight excluding hydrogens is 303 g/mol. The van der Waals surface area contributed by atoms with Gasteiger partial charge < -0.3 is 10.00 Å². The zero-order valence-corrected chi connectivity index (χ0v) is 12.9. The predicted octanol–water partition coefficient (Wildman–Crippen LogP) is 3.07. The Morgan fingerprint density at radius 2 is 1.95 bits per heavy atom. The maximum absolute atomic E-state index is 12.4. The van der Waals surface area contributed by atoms with Crippen molar-refractivity contribution in [2.24, 2.45) is 0 Å². The molecule has 0 spiro atoms. The molecule has 1 aromatic carbocycles. The van der Waals surface area contributed by atoms with Crippen molar-refractivity contribution in [3.63, 3.8) is 0 Å². The summed E-state index contributed by atoms with van der Waals surface area (Å²) in [5.74, 6) is -1.72. The summed E-state index contributed by atoms with van der Waals surface area (Å²) in [4.78, 5) is 25.2. The van der Waals surface area contributed by atoms with Crippen LogP contribution >= 0.6 is 7.52 Å². The summed E-state index contributed by atoms with van der Waals surface area (Å²) in [6.07, 6.45) is 1.38. The lowest BCUT2D eigenvalue weighted by atomic mass is 10.0. The zero-order valence-electron chi connectivity index (χ0n) is 12.0. The first kappa shape index (κ1) is 16.2. The lowest BCUT2D eigenvalue weighted by Crippen LogP contribution is -2.11. The van der Waals surface area contributed by atoms with Crippen molar-refractivity contribution in [3.05, 3.63) is 59.8 Å². The number of anilines is 1. The van der Waals surface area contributed by atoms with E-state index in [0.717, 1.165) is 0 Å². The number of hydrogen-bond donors (Lipinski definition) is 3. The van der Waals surface area contributed by atoms with Crippen molar-refractivity contribution in [3.8, 4) is 0 Å². The van der Waals surface area contributed by atoms with E-state index in [0.29, 0.717) is 11.1 Å². The third-order valence-electron chi connectivity index (χ3n) is 3.20. The first-order chi connectivity index (χ1) is 10.4. The number of carboxylic acid groups (broad SMARTS) is 1. The van der Waals surface area contributed by atoms with Crippen LogP contribution in [0.3, 0.4) is 0 Å². The number of carbonyl (C=O) groups is 1. The molecule has 0 bridgehead atoms. The van der Waals surface area contributed by atoms with E-state index in [1.807, 2.05) is 6.07 Å². The maximum Gasteiger partial charge on any atom is 0.310 e. The minimum Gasteiger partial charge on any atom is -0.481 e. The topological polar surface area (TPSA) is 99.5 Å². The van der Waals surface area contributed by atoms with Gasteiger partial charge in [-0.25, -0.2) is 4.98 Å². The quantitative estimate of drug-likeness (QED) is 0.707. The largest absolute Gasteiger partial charge is 0.481 e. The third kappa shape index (κ3) is 4.16. The molecule has 22 heavy (non-hydrogen) atoms. The molecule has 6 nitrogen and oxygen atoms in total. The molecule has 0 aliphatic carbocycles. The summed E-state index contributed by atoms with van der Waals surface area (Å²) in [7, 11) is -3.74. The molecule has 0 radical (unpaired) electrons. The molecule has 2 rings (SSSR count). The Hall–Kier alpha value is -2.17. The summed E-state index contributed by atoms with van der Waals surface area (Å²) >= 11 is 0. The van der Waals surface area contributed by atoms with Crippen LogP contribution in [0, 0.1) is 0 Å². The summed E-state index contributed by atoms with van der Waals surface area (Å²) < 4.78 is 12.4. The van der Waals surface area contributed by atoms with Gasteiger partial charge in [-0.2, -0.15) is 0 Å². The van der Waals surface area contributed by atoms with Crippen LogP contribution in [0.1, 0.15) is 24.0 Å². The number of carboxylic acids is 1. The first-order valence-corrected chi connectivity index (χ1v) is 8.55. The van der Waals surface area contributed by atoms with Crippen molar-refractivity contribution >= 4 is 19.3 Å². The van der Waals surface area contributed by atoms with E-state index in [9.17, 15) is 14.3 Å². The minimum atomic E-state index is -3.74. The Morgan fingerprint density at radius 3 is 2.59 bits per heavy atom. The normalized spacial score (nSPS) is 14.8. The highest BCUT2D eigenvalue weighted by Crippen LogP contribution is 2.45. The Balaban J connectivity index is 2.23. The van der Waals surface area contributed by atoms with E-state index in [1.54, 1.807) is 36.4 Å². The van der Waals surface area contributed by atoms with Gasteiger partial charge in [0, 0.05) is 11.8 Å². The molecule has 116 valence electrons. The van der Waals surface area contributed by atoms with Crippen LogP contribution in [0.4, 0.5) is 5.82 Å². The van der Waals surface area contributed by atoms with E-state index < -0.39 is 19.4 Å². The number of nitrogens with one attached hydrogen (secondary N) is 1. The fourth-order valence-corrected chi connectivity index (χ4v) is 3.33. The molecule has 7 heteroatoms. The van der Waals surface area contributed by atoms with Gasteiger partial charge in [0.1, 0.15) is 5.82 Å². The van der Waals surface area contributed by atoms with Crippen LogP contribution in [0.5, 0.6) is 0 Å². The molecule has 0 saturated carbocycles. The Morgan fingerprint density at radius 1 is 1.27 bits per heavy atom. The van der Waals surface area contributed by atoms with Crippen molar-refractivity contribution < 1.29 is 19.4 Å². The number of benzene rings is 1. The fraction of sp³-hybridized carbons (Fsp3) is 0.200. The summed E-state index contributed by atoms with van der Waals surface area (Å²) in [5, 5.41) is 11.6. The molecule has 0 amide bonds. The van der Waals surface area contributed by atoms with Crippen molar-refractivity contribution in [1.29, 1.82) is 0 Å². The van der Waals surface area contributed by atoms with E-state index in [4.69, 9.17) is 5.11 Å². The van der Waals surface area contributed by atoms with Gasteiger partial charge in [0.15, 0.2) is 0 Å². The molecule has 2 atom stereocenters. The fourth-order valence-electron chi connectivity index (χ4n) is 2.03. The summed E-state index contributed by atoms with van der Waals surface area (Å²) in [6, 6.07) is 12.1. The van der Waals surface area contributed by atoms with E-state index in [-0.39, 0.29) is 12.0 Å². The molecular formula is C15H17N2O4P. The molecule has 3 N–H and O–H groups in total. The van der Waals surface area contributed by atoms with Crippen molar-refractivity contribution in [2.75, 3.05) is 5.09 Å². The third-order valence-corrected chi connectivity index (χ3v) is 4.55. The van der Waals surface area contributed by atoms with Gasteiger partial charge in [-0.1, -0.05) is 36.4 Å². The van der Waals surface area contributed by atoms with Crippen LogP contribution < -0.4 is 5.09 Å². The average Bonchev–Trinajstić information content (AvgIpc) is 2.47. The number of nitrogens with zero attached hydrogens (tertiary/aromatic N) is 1. The van der Waals surface area contributed by atoms with Gasteiger partial charge in [0.05, 0.1) is 12.1 Å². The smallest absolute Gasteiger partial charge is 0.310 e. The SMILES string of the molecule is CC(C(=O)O)c1cccnc1NP(=O)(O)Cc1ccccc1. The second kappa shape index (κ2) is 6.73.